The summed E-state index contributed by atoms with van der Waals surface area (Å²) in [5.41, 5.74) is 5.38. The number of aryl methyl sites for hydroxylation is 3. The third-order valence-corrected chi connectivity index (χ3v) is 5.47. The van der Waals surface area contributed by atoms with Gasteiger partial charge in [-0.05, 0) is 61.6 Å². The van der Waals surface area contributed by atoms with Gasteiger partial charge in [0.1, 0.15) is 25.1 Å². The summed E-state index contributed by atoms with van der Waals surface area (Å²) >= 11 is 0. The second-order valence-corrected chi connectivity index (χ2v) is 8.96. The van der Waals surface area contributed by atoms with Crippen LogP contribution in [0.4, 0.5) is 0 Å². The molecule has 0 saturated heterocycles. The molecule has 0 bridgehead atoms. The van der Waals surface area contributed by atoms with Crippen molar-refractivity contribution < 1.29 is 24.3 Å². The third kappa shape index (κ3) is 6.86. The van der Waals surface area contributed by atoms with E-state index < -0.39 is 18.6 Å². The van der Waals surface area contributed by atoms with E-state index in [2.05, 4.69) is 41.2 Å². The first-order chi connectivity index (χ1) is 16.7. The summed E-state index contributed by atoms with van der Waals surface area (Å²) in [6.07, 6.45) is 0.770. The molecule has 9 heteroatoms. The Labute approximate surface area is 205 Å². The number of rotatable bonds is 11. The van der Waals surface area contributed by atoms with Gasteiger partial charge in [-0.15, -0.1) is 0 Å². The van der Waals surface area contributed by atoms with Gasteiger partial charge in [-0.2, -0.15) is 4.98 Å². The van der Waals surface area contributed by atoms with E-state index in [4.69, 9.17) is 14.4 Å². The Hall–Kier alpha value is -3.30. The lowest BCUT2D eigenvalue weighted by Gasteiger charge is -2.18. The number of aliphatic hydroxyl groups excluding tert-OH is 2. The molecule has 0 spiro atoms. The van der Waals surface area contributed by atoms with Crippen LogP contribution in [0.3, 0.4) is 0 Å². The minimum absolute atomic E-state index is 0.00171. The van der Waals surface area contributed by atoms with Crippen LogP contribution in [0.2, 0.25) is 0 Å². The summed E-state index contributed by atoms with van der Waals surface area (Å²) in [5, 5.41) is 25.5. The van der Waals surface area contributed by atoms with Crippen molar-refractivity contribution >= 4 is 5.91 Å². The molecule has 1 unspecified atom stereocenters. The number of hydrogen-bond donors (Lipinski definition) is 3. The van der Waals surface area contributed by atoms with Crippen LogP contribution in [0.1, 0.15) is 55.6 Å². The van der Waals surface area contributed by atoms with Gasteiger partial charge in [0.15, 0.2) is 0 Å². The highest BCUT2D eigenvalue weighted by Gasteiger charge is 2.18. The molecule has 0 fully saturated rings. The Balaban J connectivity index is 1.83. The Morgan fingerprint density at radius 3 is 2.60 bits per heavy atom. The van der Waals surface area contributed by atoms with Crippen molar-refractivity contribution in [2.24, 2.45) is 0 Å². The highest BCUT2D eigenvalue weighted by molar-refractivity contribution is 5.76. The molecular weight excluding hydrogens is 448 g/mol. The first-order valence-electron chi connectivity index (χ1n) is 11.9. The molecule has 35 heavy (non-hydrogen) atoms. The maximum Gasteiger partial charge on any atom is 0.258 e. The van der Waals surface area contributed by atoms with Crippen molar-refractivity contribution in [2.45, 2.75) is 59.5 Å². The predicted molar refractivity (Wildman–Crippen MR) is 132 cm³/mol. The quantitative estimate of drug-likeness (QED) is 0.379. The smallest absolute Gasteiger partial charge is 0.258 e. The molecule has 0 radical (unpaired) electrons. The van der Waals surface area contributed by atoms with Gasteiger partial charge >= 0.3 is 0 Å². The first kappa shape index (κ1) is 26.3. The van der Waals surface area contributed by atoms with E-state index in [0.29, 0.717) is 17.5 Å². The van der Waals surface area contributed by atoms with Gasteiger partial charge in [-0.3, -0.25) is 9.78 Å². The molecule has 0 aliphatic carbocycles. The standard InChI is InChI=1S/C26H34N4O5/c1-6-7-18-10-19(8-16(4)24(18)34-14-21(32)12-27-23(33)13-31)25-29-26(35-30-25)20-9-17(5)28-22(11-20)15(2)3/h8-11,15,21,31-32H,6-7,12-14H2,1-5H3,(H,27,33). The summed E-state index contributed by atoms with van der Waals surface area (Å²) < 4.78 is 11.5. The maximum absolute atomic E-state index is 11.2. The minimum Gasteiger partial charge on any atom is -0.490 e. The van der Waals surface area contributed by atoms with Crippen LogP contribution in [0.5, 0.6) is 5.75 Å². The van der Waals surface area contributed by atoms with E-state index in [0.717, 1.165) is 46.5 Å². The molecule has 1 atom stereocenters. The van der Waals surface area contributed by atoms with E-state index >= 15 is 0 Å². The van der Waals surface area contributed by atoms with Crippen molar-refractivity contribution in [3.63, 3.8) is 0 Å². The number of pyridine rings is 1. The molecule has 2 heterocycles. The summed E-state index contributed by atoms with van der Waals surface area (Å²) in [5.74, 6) is 1.36. The van der Waals surface area contributed by atoms with Crippen molar-refractivity contribution in [1.29, 1.82) is 0 Å². The van der Waals surface area contributed by atoms with Gasteiger partial charge in [0.25, 0.3) is 5.89 Å². The largest absolute Gasteiger partial charge is 0.490 e. The van der Waals surface area contributed by atoms with Gasteiger partial charge in [-0.1, -0.05) is 32.3 Å². The second-order valence-electron chi connectivity index (χ2n) is 8.96. The number of aliphatic hydroxyl groups is 2. The zero-order valence-corrected chi connectivity index (χ0v) is 21.0. The van der Waals surface area contributed by atoms with Crippen molar-refractivity contribution in [3.05, 3.63) is 46.8 Å². The number of nitrogens with zero attached hydrogens (tertiary/aromatic N) is 3. The molecule has 3 aromatic rings. The number of nitrogens with one attached hydrogen (secondary N) is 1. The number of benzene rings is 1. The monoisotopic (exact) mass is 482 g/mol. The minimum atomic E-state index is -0.904. The average Bonchev–Trinajstić information content (AvgIpc) is 3.32. The number of ether oxygens (including phenoxy) is 1. The average molecular weight is 483 g/mol. The lowest BCUT2D eigenvalue weighted by Crippen LogP contribution is -2.36. The zero-order valence-electron chi connectivity index (χ0n) is 21.0. The molecule has 1 amide bonds. The molecular formula is C26H34N4O5. The van der Waals surface area contributed by atoms with Crippen LogP contribution in [0.15, 0.2) is 28.8 Å². The maximum atomic E-state index is 11.2. The third-order valence-electron chi connectivity index (χ3n) is 5.47. The van der Waals surface area contributed by atoms with Crippen LogP contribution >= 0.6 is 0 Å². The normalized spacial score (nSPS) is 12.1. The molecule has 0 aliphatic rings. The Morgan fingerprint density at radius 2 is 1.91 bits per heavy atom. The summed E-state index contributed by atoms with van der Waals surface area (Å²) in [6, 6.07) is 7.83. The molecule has 0 saturated carbocycles. The molecule has 1 aromatic carbocycles. The van der Waals surface area contributed by atoms with Gasteiger partial charge < -0.3 is 24.8 Å². The summed E-state index contributed by atoms with van der Waals surface area (Å²) in [7, 11) is 0. The van der Waals surface area contributed by atoms with Gasteiger partial charge in [-0.25, -0.2) is 0 Å². The Morgan fingerprint density at radius 1 is 1.14 bits per heavy atom. The van der Waals surface area contributed by atoms with E-state index in [-0.39, 0.29) is 19.1 Å². The highest BCUT2D eigenvalue weighted by atomic mass is 16.5. The summed E-state index contributed by atoms with van der Waals surface area (Å²) in [6.45, 7) is 9.53. The van der Waals surface area contributed by atoms with E-state index in [1.54, 1.807) is 0 Å². The fourth-order valence-electron chi connectivity index (χ4n) is 3.74. The highest BCUT2D eigenvalue weighted by Crippen LogP contribution is 2.32. The van der Waals surface area contributed by atoms with Crippen LogP contribution in [-0.4, -0.2) is 57.1 Å². The lowest BCUT2D eigenvalue weighted by atomic mass is 10.0. The number of hydrogen-bond acceptors (Lipinski definition) is 8. The van der Waals surface area contributed by atoms with Crippen molar-refractivity contribution in [2.75, 3.05) is 19.8 Å². The van der Waals surface area contributed by atoms with Crippen LogP contribution in [-0.2, 0) is 11.2 Å². The first-order valence-corrected chi connectivity index (χ1v) is 11.9. The van der Waals surface area contributed by atoms with Gasteiger partial charge in [0, 0.05) is 29.1 Å². The van der Waals surface area contributed by atoms with Crippen LogP contribution < -0.4 is 10.1 Å². The second kappa shape index (κ2) is 11.9. The molecule has 3 rings (SSSR count). The Kier molecular flexibility index (Phi) is 8.95. The predicted octanol–water partition coefficient (Wildman–Crippen LogP) is 3.34. The number of carbonyl (C=O) groups excluding carboxylic acids is 1. The van der Waals surface area contributed by atoms with E-state index in [1.807, 2.05) is 38.1 Å². The van der Waals surface area contributed by atoms with Gasteiger partial charge in [0.2, 0.25) is 11.7 Å². The fourth-order valence-corrected chi connectivity index (χ4v) is 3.74. The lowest BCUT2D eigenvalue weighted by molar-refractivity contribution is -0.124. The summed E-state index contributed by atoms with van der Waals surface area (Å²) in [4.78, 5) is 20.4. The van der Waals surface area contributed by atoms with Crippen molar-refractivity contribution in [3.8, 4) is 28.6 Å². The molecule has 0 aliphatic heterocycles. The van der Waals surface area contributed by atoms with Gasteiger partial charge in [0.05, 0.1) is 0 Å². The molecule has 188 valence electrons. The zero-order chi connectivity index (χ0) is 25.5. The van der Waals surface area contributed by atoms with Crippen LogP contribution in [0, 0.1) is 13.8 Å². The van der Waals surface area contributed by atoms with E-state index in [9.17, 15) is 9.90 Å². The molecule has 2 aromatic heterocycles. The van der Waals surface area contributed by atoms with Crippen LogP contribution in [0.25, 0.3) is 22.8 Å². The molecule has 9 nitrogen and oxygen atoms in total. The number of amides is 1. The number of carbonyl (C=O) groups is 1. The Bertz CT molecular complexity index is 1160. The van der Waals surface area contributed by atoms with Crippen molar-refractivity contribution in [1.82, 2.24) is 20.4 Å². The van der Waals surface area contributed by atoms with E-state index in [1.165, 1.54) is 0 Å². The fraction of sp³-hybridized carbons (Fsp3) is 0.462. The molecule has 3 N–H and O–H groups in total. The SMILES string of the molecule is CCCc1cc(-c2noc(-c3cc(C)nc(C(C)C)c3)n2)cc(C)c1OCC(O)CNC(=O)CO. The topological polar surface area (TPSA) is 131 Å². The number of aromatic nitrogens is 3.